The molecule has 1 heterocycles. The summed E-state index contributed by atoms with van der Waals surface area (Å²) in [5.74, 6) is 0.415. The lowest BCUT2D eigenvalue weighted by atomic mass is 9.95. The molecule has 1 aromatic carbocycles. The van der Waals surface area contributed by atoms with Gasteiger partial charge in [0.15, 0.2) is 0 Å². The van der Waals surface area contributed by atoms with E-state index in [-0.39, 0.29) is 5.91 Å². The number of benzene rings is 1. The Labute approximate surface area is 142 Å². The topological polar surface area (TPSA) is 66.9 Å². The average Bonchev–Trinajstić information content (AvgIpc) is 2.60. The largest absolute Gasteiger partial charge is 0.349 e. The first-order valence-corrected chi connectivity index (χ1v) is 8.59. The first kappa shape index (κ1) is 16.4. The molecule has 0 unspecified atom stereocenters. The highest BCUT2D eigenvalue weighted by Gasteiger charge is 2.17. The molecule has 24 heavy (non-hydrogen) atoms. The van der Waals surface area contributed by atoms with E-state index in [0.29, 0.717) is 17.6 Å². The molecule has 0 spiro atoms. The molecule has 126 valence electrons. The number of carbonyl (C=O) groups is 1. The number of nitrogens with one attached hydrogen (secondary N) is 2. The van der Waals surface area contributed by atoms with Crippen LogP contribution in [0.3, 0.4) is 0 Å². The van der Waals surface area contributed by atoms with Crippen molar-refractivity contribution in [3.63, 3.8) is 0 Å². The van der Waals surface area contributed by atoms with Gasteiger partial charge in [0, 0.05) is 24.1 Å². The Kier molecular flexibility index (Phi) is 5.08. The van der Waals surface area contributed by atoms with Crippen molar-refractivity contribution in [3.8, 4) is 0 Å². The highest BCUT2D eigenvalue weighted by atomic mass is 16.1. The molecule has 1 aliphatic rings. The molecule has 1 fully saturated rings. The molecule has 5 heteroatoms. The van der Waals surface area contributed by atoms with Crippen LogP contribution in [0.1, 0.15) is 53.6 Å². The van der Waals surface area contributed by atoms with Gasteiger partial charge in [-0.25, -0.2) is 9.97 Å². The van der Waals surface area contributed by atoms with Crippen LogP contribution in [0, 0.1) is 13.8 Å². The second-order valence-corrected chi connectivity index (χ2v) is 6.48. The highest BCUT2D eigenvalue weighted by Crippen LogP contribution is 2.21. The molecular weight excluding hydrogens is 300 g/mol. The van der Waals surface area contributed by atoms with Gasteiger partial charge in [-0.1, -0.05) is 31.4 Å². The van der Waals surface area contributed by atoms with E-state index >= 15 is 0 Å². The van der Waals surface area contributed by atoms with Crippen LogP contribution in [0.2, 0.25) is 0 Å². The van der Waals surface area contributed by atoms with Crippen molar-refractivity contribution < 1.29 is 4.79 Å². The molecule has 3 rings (SSSR count). The molecule has 0 atom stereocenters. The van der Waals surface area contributed by atoms with Crippen LogP contribution in [0.4, 0.5) is 11.6 Å². The van der Waals surface area contributed by atoms with Gasteiger partial charge < -0.3 is 10.6 Å². The Hall–Kier alpha value is -2.43. The lowest BCUT2D eigenvalue weighted by Gasteiger charge is -2.22. The zero-order chi connectivity index (χ0) is 16.9. The van der Waals surface area contributed by atoms with Crippen LogP contribution in [0.15, 0.2) is 30.6 Å². The summed E-state index contributed by atoms with van der Waals surface area (Å²) < 4.78 is 0. The Balaban J connectivity index is 1.64. The summed E-state index contributed by atoms with van der Waals surface area (Å²) in [5.41, 5.74) is 3.87. The van der Waals surface area contributed by atoms with Gasteiger partial charge in [0.1, 0.15) is 0 Å². The standard InChI is InChI=1S/C19H24N4O/c1-13-7-6-10-17(14(13)2)23-19-20-11-15(12-21-19)18(24)22-16-8-4-3-5-9-16/h6-7,10-12,16H,3-5,8-9H2,1-2H3,(H,22,24)(H,20,21,23). The van der Waals surface area contributed by atoms with Crippen molar-refractivity contribution in [2.24, 2.45) is 0 Å². The number of aryl methyl sites for hydroxylation is 1. The van der Waals surface area contributed by atoms with Gasteiger partial charge in [-0.05, 0) is 43.9 Å². The van der Waals surface area contributed by atoms with Gasteiger partial charge in [-0.15, -0.1) is 0 Å². The SMILES string of the molecule is Cc1cccc(Nc2ncc(C(=O)NC3CCCCC3)cn2)c1C. The predicted molar refractivity (Wildman–Crippen MR) is 95.6 cm³/mol. The van der Waals surface area contributed by atoms with Crippen LogP contribution in [-0.4, -0.2) is 21.9 Å². The molecule has 1 aromatic heterocycles. The number of hydrogen-bond acceptors (Lipinski definition) is 4. The first-order chi connectivity index (χ1) is 11.6. The number of carbonyl (C=O) groups excluding carboxylic acids is 1. The normalized spacial score (nSPS) is 15.1. The summed E-state index contributed by atoms with van der Waals surface area (Å²) in [4.78, 5) is 20.8. The molecular formula is C19H24N4O. The van der Waals surface area contributed by atoms with Crippen molar-refractivity contribution in [2.75, 3.05) is 5.32 Å². The van der Waals surface area contributed by atoms with Gasteiger partial charge in [0.05, 0.1) is 5.56 Å². The number of amides is 1. The minimum absolute atomic E-state index is 0.0832. The first-order valence-electron chi connectivity index (χ1n) is 8.59. The number of hydrogen-bond donors (Lipinski definition) is 2. The molecule has 1 saturated carbocycles. The molecule has 0 bridgehead atoms. The third-order valence-corrected chi connectivity index (χ3v) is 4.71. The van der Waals surface area contributed by atoms with Crippen molar-refractivity contribution in [1.82, 2.24) is 15.3 Å². The van der Waals surface area contributed by atoms with Crippen LogP contribution in [0.5, 0.6) is 0 Å². The van der Waals surface area contributed by atoms with Gasteiger partial charge in [-0.3, -0.25) is 4.79 Å². The Morgan fingerprint density at radius 1 is 1.08 bits per heavy atom. The monoisotopic (exact) mass is 324 g/mol. The maximum absolute atomic E-state index is 12.3. The van der Waals surface area contributed by atoms with Gasteiger partial charge in [0.25, 0.3) is 5.91 Å². The molecule has 2 N–H and O–H groups in total. The molecule has 2 aromatic rings. The zero-order valence-electron chi connectivity index (χ0n) is 14.3. The minimum Gasteiger partial charge on any atom is -0.349 e. The number of anilines is 2. The molecule has 0 radical (unpaired) electrons. The minimum atomic E-state index is -0.0832. The molecule has 0 saturated heterocycles. The van der Waals surface area contributed by atoms with Crippen LogP contribution in [0.25, 0.3) is 0 Å². The average molecular weight is 324 g/mol. The predicted octanol–water partition coefficient (Wildman–Crippen LogP) is 3.90. The molecule has 0 aliphatic heterocycles. The van der Waals surface area contributed by atoms with E-state index in [0.717, 1.165) is 18.5 Å². The Bertz CT molecular complexity index is 706. The van der Waals surface area contributed by atoms with Crippen molar-refractivity contribution in [3.05, 3.63) is 47.3 Å². The third-order valence-electron chi connectivity index (χ3n) is 4.71. The van der Waals surface area contributed by atoms with E-state index in [1.165, 1.54) is 30.4 Å². The van der Waals surface area contributed by atoms with E-state index in [1.54, 1.807) is 12.4 Å². The second kappa shape index (κ2) is 7.43. The van der Waals surface area contributed by atoms with Crippen LogP contribution < -0.4 is 10.6 Å². The van der Waals surface area contributed by atoms with E-state index in [9.17, 15) is 4.79 Å². The number of rotatable bonds is 4. The highest BCUT2D eigenvalue weighted by molar-refractivity contribution is 5.93. The Morgan fingerprint density at radius 2 is 1.79 bits per heavy atom. The number of aromatic nitrogens is 2. The van der Waals surface area contributed by atoms with Gasteiger partial charge in [-0.2, -0.15) is 0 Å². The Morgan fingerprint density at radius 3 is 2.50 bits per heavy atom. The summed E-state index contributed by atoms with van der Waals surface area (Å²) >= 11 is 0. The van der Waals surface area contributed by atoms with Crippen LogP contribution in [-0.2, 0) is 0 Å². The fourth-order valence-electron chi connectivity index (χ4n) is 3.03. The van der Waals surface area contributed by atoms with Crippen molar-refractivity contribution in [2.45, 2.75) is 52.0 Å². The van der Waals surface area contributed by atoms with E-state index in [4.69, 9.17) is 0 Å². The fourth-order valence-corrected chi connectivity index (χ4v) is 3.03. The van der Waals surface area contributed by atoms with Crippen molar-refractivity contribution >= 4 is 17.5 Å². The number of nitrogens with zero attached hydrogens (tertiary/aromatic N) is 2. The molecule has 1 aliphatic carbocycles. The summed E-state index contributed by atoms with van der Waals surface area (Å²) in [6.45, 7) is 4.13. The van der Waals surface area contributed by atoms with Gasteiger partial charge >= 0.3 is 0 Å². The summed E-state index contributed by atoms with van der Waals surface area (Å²) in [5, 5.41) is 6.29. The zero-order valence-corrected chi connectivity index (χ0v) is 14.3. The summed E-state index contributed by atoms with van der Waals surface area (Å²) in [6.07, 6.45) is 8.96. The second-order valence-electron chi connectivity index (χ2n) is 6.48. The van der Waals surface area contributed by atoms with E-state index < -0.39 is 0 Å². The van der Waals surface area contributed by atoms with E-state index in [1.807, 2.05) is 12.1 Å². The quantitative estimate of drug-likeness (QED) is 0.895. The lowest BCUT2D eigenvalue weighted by Crippen LogP contribution is -2.36. The molecule has 1 amide bonds. The summed E-state index contributed by atoms with van der Waals surface area (Å²) in [7, 11) is 0. The molecule has 5 nitrogen and oxygen atoms in total. The van der Waals surface area contributed by atoms with Crippen LogP contribution >= 0.6 is 0 Å². The fraction of sp³-hybridized carbons (Fsp3) is 0.421. The third kappa shape index (κ3) is 3.91. The smallest absolute Gasteiger partial charge is 0.254 e. The maximum atomic E-state index is 12.3. The van der Waals surface area contributed by atoms with Crippen molar-refractivity contribution in [1.29, 1.82) is 0 Å². The van der Waals surface area contributed by atoms with E-state index in [2.05, 4.69) is 40.5 Å². The van der Waals surface area contributed by atoms with Gasteiger partial charge in [0.2, 0.25) is 5.95 Å². The maximum Gasteiger partial charge on any atom is 0.254 e. The lowest BCUT2D eigenvalue weighted by molar-refractivity contribution is 0.0927. The summed E-state index contributed by atoms with van der Waals surface area (Å²) in [6, 6.07) is 6.35.